The quantitative estimate of drug-likeness (QED) is 0.627. The zero-order valence-electron chi connectivity index (χ0n) is 13.0. The molecule has 0 spiro atoms. The van der Waals surface area contributed by atoms with E-state index in [-0.39, 0.29) is 18.3 Å². The molecule has 1 aromatic heterocycles. The number of nitrogens with zero attached hydrogens (tertiary/aromatic N) is 2. The summed E-state index contributed by atoms with van der Waals surface area (Å²) >= 11 is 5.88. The molecule has 2 aromatic carbocycles. The van der Waals surface area contributed by atoms with Gasteiger partial charge in [0.15, 0.2) is 6.61 Å². The molecule has 0 amide bonds. The minimum Gasteiger partial charge on any atom is -0.483 e. The average molecular weight is 369 g/mol. The van der Waals surface area contributed by atoms with Crippen LogP contribution in [-0.2, 0) is 12.8 Å². The molecule has 25 heavy (non-hydrogen) atoms. The molecular weight excluding hydrogens is 357 g/mol. The lowest BCUT2D eigenvalue weighted by Crippen LogP contribution is -2.04. The van der Waals surface area contributed by atoms with Crippen molar-refractivity contribution in [3.63, 3.8) is 0 Å². The van der Waals surface area contributed by atoms with E-state index in [1.165, 1.54) is 12.1 Å². The Morgan fingerprint density at radius 1 is 1.12 bits per heavy atom. The highest BCUT2D eigenvalue weighted by Gasteiger charge is 2.30. The summed E-state index contributed by atoms with van der Waals surface area (Å²) in [5, 5.41) is 4.36. The van der Waals surface area contributed by atoms with Crippen LogP contribution < -0.4 is 4.74 Å². The first-order chi connectivity index (χ1) is 11.8. The molecule has 0 saturated heterocycles. The topological polar surface area (TPSA) is 48.2 Å². The van der Waals surface area contributed by atoms with Crippen molar-refractivity contribution in [2.45, 2.75) is 19.7 Å². The number of hydrogen-bond donors (Lipinski definition) is 0. The van der Waals surface area contributed by atoms with Crippen molar-refractivity contribution < 1.29 is 22.4 Å². The van der Waals surface area contributed by atoms with Gasteiger partial charge in [0, 0.05) is 10.6 Å². The molecule has 3 aromatic rings. The zero-order valence-corrected chi connectivity index (χ0v) is 13.7. The highest BCUT2D eigenvalue weighted by atomic mass is 35.5. The van der Waals surface area contributed by atoms with Gasteiger partial charge in [0.2, 0.25) is 5.82 Å². The summed E-state index contributed by atoms with van der Waals surface area (Å²) in [7, 11) is 0. The number of halogens is 4. The van der Waals surface area contributed by atoms with E-state index in [0.717, 1.165) is 17.7 Å². The molecule has 0 aliphatic heterocycles. The fourth-order valence-electron chi connectivity index (χ4n) is 2.15. The second kappa shape index (κ2) is 6.76. The molecule has 0 bridgehead atoms. The number of aryl methyl sites for hydroxylation is 1. The third-order valence-corrected chi connectivity index (χ3v) is 3.66. The number of benzene rings is 2. The third kappa shape index (κ3) is 4.11. The van der Waals surface area contributed by atoms with Gasteiger partial charge in [-0.1, -0.05) is 28.9 Å². The van der Waals surface area contributed by atoms with E-state index in [4.69, 9.17) is 20.9 Å². The first kappa shape index (κ1) is 17.3. The molecule has 0 radical (unpaired) electrons. The standard InChI is InChI=1S/C17H12ClF3N2O2/c1-10-8-13(18)6-7-14(10)24-9-15-22-16(23-25-15)11-2-4-12(5-3-11)17(19,20)21/h2-8H,9H2,1H3. The van der Waals surface area contributed by atoms with Crippen LogP contribution >= 0.6 is 11.6 Å². The summed E-state index contributed by atoms with van der Waals surface area (Å²) in [6, 6.07) is 9.72. The number of hydrogen-bond acceptors (Lipinski definition) is 4. The van der Waals surface area contributed by atoms with Gasteiger partial charge in [-0.3, -0.25) is 0 Å². The Labute approximate surface area is 146 Å². The summed E-state index contributed by atoms with van der Waals surface area (Å²) in [5.41, 5.74) is 0.544. The number of ether oxygens (including phenoxy) is 1. The van der Waals surface area contributed by atoms with Gasteiger partial charge < -0.3 is 9.26 Å². The van der Waals surface area contributed by atoms with Gasteiger partial charge in [-0.25, -0.2) is 0 Å². The van der Waals surface area contributed by atoms with Crippen LogP contribution in [0.15, 0.2) is 47.0 Å². The number of aromatic nitrogens is 2. The lowest BCUT2D eigenvalue weighted by atomic mass is 10.1. The molecule has 0 fully saturated rings. The highest BCUT2D eigenvalue weighted by Crippen LogP contribution is 2.30. The molecule has 0 atom stereocenters. The number of alkyl halides is 3. The van der Waals surface area contributed by atoms with Gasteiger partial charge in [0.25, 0.3) is 5.89 Å². The molecular formula is C17H12ClF3N2O2. The molecule has 8 heteroatoms. The van der Waals surface area contributed by atoms with E-state index in [9.17, 15) is 13.2 Å². The van der Waals surface area contributed by atoms with Crippen molar-refractivity contribution in [3.05, 3.63) is 64.5 Å². The predicted octanol–water partition coefficient (Wildman–Crippen LogP) is 5.30. The molecule has 0 aliphatic carbocycles. The van der Waals surface area contributed by atoms with Crippen LogP contribution in [0.5, 0.6) is 5.75 Å². The Kier molecular flexibility index (Phi) is 4.67. The lowest BCUT2D eigenvalue weighted by Gasteiger charge is -2.06. The van der Waals surface area contributed by atoms with Crippen LogP contribution in [0.3, 0.4) is 0 Å². The van der Waals surface area contributed by atoms with Gasteiger partial charge in [0.05, 0.1) is 5.56 Å². The second-order valence-electron chi connectivity index (χ2n) is 5.29. The molecule has 1 heterocycles. The fraction of sp³-hybridized carbons (Fsp3) is 0.176. The smallest absolute Gasteiger partial charge is 0.416 e. The SMILES string of the molecule is Cc1cc(Cl)ccc1OCc1nc(-c2ccc(C(F)(F)F)cc2)no1. The Bertz CT molecular complexity index is 876. The van der Waals surface area contributed by atoms with Gasteiger partial charge in [-0.15, -0.1) is 0 Å². The maximum Gasteiger partial charge on any atom is 0.416 e. The summed E-state index contributed by atoms with van der Waals surface area (Å²) < 4.78 is 48.4. The minimum atomic E-state index is -4.38. The predicted molar refractivity (Wildman–Crippen MR) is 85.3 cm³/mol. The minimum absolute atomic E-state index is 0.0378. The monoisotopic (exact) mass is 368 g/mol. The van der Waals surface area contributed by atoms with E-state index < -0.39 is 11.7 Å². The Morgan fingerprint density at radius 3 is 2.48 bits per heavy atom. The van der Waals surface area contributed by atoms with Crippen molar-refractivity contribution in [1.29, 1.82) is 0 Å². The van der Waals surface area contributed by atoms with Crippen LogP contribution in [0.4, 0.5) is 13.2 Å². The van der Waals surface area contributed by atoms with Crippen molar-refractivity contribution in [3.8, 4) is 17.1 Å². The molecule has 130 valence electrons. The van der Waals surface area contributed by atoms with Crippen LogP contribution in [0.1, 0.15) is 17.0 Å². The van der Waals surface area contributed by atoms with Crippen LogP contribution in [0, 0.1) is 6.92 Å². The third-order valence-electron chi connectivity index (χ3n) is 3.43. The van der Waals surface area contributed by atoms with Crippen LogP contribution in [0.2, 0.25) is 5.02 Å². The first-order valence-corrected chi connectivity index (χ1v) is 7.60. The second-order valence-corrected chi connectivity index (χ2v) is 5.72. The lowest BCUT2D eigenvalue weighted by molar-refractivity contribution is -0.137. The van der Waals surface area contributed by atoms with Crippen molar-refractivity contribution in [2.24, 2.45) is 0 Å². The average Bonchev–Trinajstić information content (AvgIpc) is 3.02. The Hall–Kier alpha value is -2.54. The van der Waals surface area contributed by atoms with Gasteiger partial charge >= 0.3 is 6.18 Å². The Balaban J connectivity index is 1.70. The molecule has 4 nitrogen and oxygen atoms in total. The Morgan fingerprint density at radius 2 is 1.84 bits per heavy atom. The van der Waals surface area contributed by atoms with E-state index in [0.29, 0.717) is 16.3 Å². The van der Waals surface area contributed by atoms with Gasteiger partial charge in [0.1, 0.15) is 5.75 Å². The molecule has 0 saturated carbocycles. The molecule has 0 N–H and O–H groups in total. The fourth-order valence-corrected chi connectivity index (χ4v) is 2.38. The highest BCUT2D eigenvalue weighted by molar-refractivity contribution is 6.30. The summed E-state index contributed by atoms with van der Waals surface area (Å²) in [6.07, 6.45) is -4.38. The summed E-state index contributed by atoms with van der Waals surface area (Å²) in [4.78, 5) is 4.12. The van der Waals surface area contributed by atoms with E-state index in [2.05, 4.69) is 10.1 Å². The van der Waals surface area contributed by atoms with Crippen LogP contribution in [0.25, 0.3) is 11.4 Å². The molecule has 3 rings (SSSR count). The van der Waals surface area contributed by atoms with E-state index >= 15 is 0 Å². The van der Waals surface area contributed by atoms with E-state index in [1.54, 1.807) is 18.2 Å². The molecule has 0 unspecified atom stereocenters. The van der Waals surface area contributed by atoms with E-state index in [1.807, 2.05) is 6.92 Å². The summed E-state index contributed by atoms with van der Waals surface area (Å²) in [5.74, 6) is 1.03. The van der Waals surface area contributed by atoms with Crippen LogP contribution in [-0.4, -0.2) is 10.1 Å². The first-order valence-electron chi connectivity index (χ1n) is 7.22. The van der Waals surface area contributed by atoms with Crippen molar-refractivity contribution in [1.82, 2.24) is 10.1 Å². The van der Waals surface area contributed by atoms with Crippen molar-refractivity contribution in [2.75, 3.05) is 0 Å². The normalized spacial score (nSPS) is 11.6. The van der Waals surface area contributed by atoms with Gasteiger partial charge in [-0.2, -0.15) is 18.2 Å². The summed E-state index contributed by atoms with van der Waals surface area (Å²) in [6.45, 7) is 1.89. The number of rotatable bonds is 4. The largest absolute Gasteiger partial charge is 0.483 e. The maximum atomic E-state index is 12.6. The van der Waals surface area contributed by atoms with Crippen molar-refractivity contribution >= 4 is 11.6 Å². The van der Waals surface area contributed by atoms with Gasteiger partial charge in [-0.05, 0) is 42.8 Å². The molecule has 0 aliphatic rings. The zero-order chi connectivity index (χ0) is 18.0. The maximum absolute atomic E-state index is 12.6.